The molecule has 2 N–H and O–H groups in total. The molecule has 0 bridgehead atoms. The SMILES string of the molecule is C[C@@H]1CCCC[C@H]1NC(=O)CCCc1nc2ccccc2c(=O)[nH]1. The summed E-state index contributed by atoms with van der Waals surface area (Å²) in [7, 11) is 0. The number of benzene rings is 1. The first kappa shape index (κ1) is 16.7. The molecule has 0 aliphatic heterocycles. The van der Waals surface area contributed by atoms with Crippen LogP contribution in [-0.4, -0.2) is 21.9 Å². The third-order valence-corrected chi connectivity index (χ3v) is 4.94. The number of fused-ring (bicyclic) bond motifs is 1. The van der Waals surface area contributed by atoms with Crippen LogP contribution in [0.1, 0.15) is 51.3 Å². The Balaban J connectivity index is 1.52. The number of H-pyrrole nitrogens is 1. The Bertz CT molecular complexity index is 769. The quantitative estimate of drug-likeness (QED) is 0.886. The Morgan fingerprint density at radius 1 is 1.29 bits per heavy atom. The minimum atomic E-state index is -0.115. The number of hydrogen-bond acceptors (Lipinski definition) is 3. The van der Waals surface area contributed by atoms with Crippen LogP contribution >= 0.6 is 0 Å². The van der Waals surface area contributed by atoms with Gasteiger partial charge in [-0.2, -0.15) is 0 Å². The van der Waals surface area contributed by atoms with Gasteiger partial charge in [-0.05, 0) is 37.3 Å². The van der Waals surface area contributed by atoms with Gasteiger partial charge in [-0.3, -0.25) is 9.59 Å². The highest BCUT2D eigenvalue weighted by Gasteiger charge is 2.22. The van der Waals surface area contributed by atoms with E-state index in [0.29, 0.717) is 47.9 Å². The topological polar surface area (TPSA) is 74.8 Å². The smallest absolute Gasteiger partial charge is 0.258 e. The molecule has 3 rings (SSSR count). The maximum atomic E-state index is 12.1. The second-order valence-corrected chi connectivity index (χ2v) is 6.82. The first-order valence-electron chi connectivity index (χ1n) is 8.91. The fourth-order valence-corrected chi connectivity index (χ4v) is 3.48. The summed E-state index contributed by atoms with van der Waals surface area (Å²) in [6.07, 6.45) is 6.54. The molecule has 0 radical (unpaired) electrons. The zero-order valence-corrected chi connectivity index (χ0v) is 14.2. The fourth-order valence-electron chi connectivity index (χ4n) is 3.48. The first-order chi connectivity index (χ1) is 11.6. The number of nitrogens with one attached hydrogen (secondary N) is 2. The maximum absolute atomic E-state index is 12.1. The summed E-state index contributed by atoms with van der Waals surface area (Å²) in [4.78, 5) is 31.4. The van der Waals surface area contributed by atoms with E-state index in [2.05, 4.69) is 22.2 Å². The minimum absolute atomic E-state index is 0.108. The largest absolute Gasteiger partial charge is 0.353 e. The van der Waals surface area contributed by atoms with Crippen molar-refractivity contribution in [2.24, 2.45) is 5.92 Å². The lowest BCUT2D eigenvalue weighted by atomic mass is 9.86. The zero-order chi connectivity index (χ0) is 16.9. The number of amides is 1. The molecule has 1 aromatic heterocycles. The number of carbonyl (C=O) groups excluding carboxylic acids is 1. The van der Waals surface area contributed by atoms with Crippen molar-refractivity contribution < 1.29 is 4.79 Å². The molecule has 128 valence electrons. The van der Waals surface area contributed by atoms with Gasteiger partial charge in [-0.15, -0.1) is 0 Å². The summed E-state index contributed by atoms with van der Waals surface area (Å²) < 4.78 is 0. The van der Waals surface area contributed by atoms with Gasteiger partial charge in [0.2, 0.25) is 5.91 Å². The van der Waals surface area contributed by atoms with E-state index in [9.17, 15) is 9.59 Å². The van der Waals surface area contributed by atoms with E-state index >= 15 is 0 Å². The maximum Gasteiger partial charge on any atom is 0.258 e. The molecule has 0 saturated heterocycles. The van der Waals surface area contributed by atoms with E-state index in [0.717, 1.165) is 6.42 Å². The molecule has 5 nitrogen and oxygen atoms in total. The number of hydrogen-bond donors (Lipinski definition) is 2. The monoisotopic (exact) mass is 327 g/mol. The zero-order valence-electron chi connectivity index (χ0n) is 14.2. The van der Waals surface area contributed by atoms with Gasteiger partial charge >= 0.3 is 0 Å². The van der Waals surface area contributed by atoms with E-state index in [4.69, 9.17) is 0 Å². The van der Waals surface area contributed by atoms with Gasteiger partial charge in [-0.1, -0.05) is 31.9 Å². The molecule has 24 heavy (non-hydrogen) atoms. The standard InChI is InChI=1S/C19H25N3O2/c1-13-7-2-4-9-15(13)21-18(23)12-6-11-17-20-16-10-5-3-8-14(16)19(24)22-17/h3,5,8,10,13,15H,2,4,6-7,9,11-12H2,1H3,(H,21,23)(H,20,22,24)/t13-,15-/m1/s1. The molecular weight excluding hydrogens is 302 g/mol. The average molecular weight is 327 g/mol. The van der Waals surface area contributed by atoms with Crippen LogP contribution in [-0.2, 0) is 11.2 Å². The molecule has 1 amide bonds. The van der Waals surface area contributed by atoms with Crippen molar-refractivity contribution >= 4 is 16.8 Å². The number of nitrogens with zero attached hydrogens (tertiary/aromatic N) is 1. The summed E-state index contributed by atoms with van der Waals surface area (Å²) in [6, 6.07) is 7.63. The Morgan fingerprint density at radius 3 is 2.92 bits per heavy atom. The molecule has 1 aliphatic carbocycles. The van der Waals surface area contributed by atoms with Crippen molar-refractivity contribution in [1.82, 2.24) is 15.3 Å². The minimum Gasteiger partial charge on any atom is -0.353 e. The molecular formula is C19H25N3O2. The highest BCUT2D eigenvalue weighted by molar-refractivity contribution is 5.77. The van der Waals surface area contributed by atoms with E-state index in [1.807, 2.05) is 18.2 Å². The van der Waals surface area contributed by atoms with Crippen LogP contribution in [0.4, 0.5) is 0 Å². The fraction of sp³-hybridized carbons (Fsp3) is 0.526. The Hall–Kier alpha value is -2.17. The lowest BCUT2D eigenvalue weighted by molar-refractivity contribution is -0.122. The molecule has 0 unspecified atom stereocenters. The Kier molecular flexibility index (Phi) is 5.28. The number of aromatic nitrogens is 2. The van der Waals surface area contributed by atoms with Crippen LogP contribution in [0.3, 0.4) is 0 Å². The molecule has 2 atom stereocenters. The van der Waals surface area contributed by atoms with Crippen molar-refractivity contribution in [1.29, 1.82) is 0 Å². The summed E-state index contributed by atoms with van der Waals surface area (Å²) in [6.45, 7) is 2.22. The van der Waals surface area contributed by atoms with Gasteiger partial charge in [0.15, 0.2) is 0 Å². The van der Waals surface area contributed by atoms with Crippen LogP contribution < -0.4 is 10.9 Å². The predicted octanol–water partition coefficient (Wildman–Crippen LogP) is 2.94. The number of aryl methyl sites for hydroxylation is 1. The van der Waals surface area contributed by atoms with Crippen LogP contribution in [0, 0.1) is 5.92 Å². The van der Waals surface area contributed by atoms with Crippen molar-refractivity contribution in [2.45, 2.75) is 57.9 Å². The van der Waals surface area contributed by atoms with Crippen LogP contribution in [0.5, 0.6) is 0 Å². The molecule has 2 aromatic rings. The Morgan fingerprint density at radius 2 is 2.08 bits per heavy atom. The third kappa shape index (κ3) is 4.02. The van der Waals surface area contributed by atoms with E-state index < -0.39 is 0 Å². The number of rotatable bonds is 5. The van der Waals surface area contributed by atoms with Gasteiger partial charge in [0, 0.05) is 18.9 Å². The van der Waals surface area contributed by atoms with Gasteiger partial charge in [0.05, 0.1) is 10.9 Å². The van der Waals surface area contributed by atoms with Crippen molar-refractivity contribution in [3.8, 4) is 0 Å². The molecule has 1 saturated carbocycles. The van der Waals surface area contributed by atoms with Gasteiger partial charge < -0.3 is 10.3 Å². The number of carbonyl (C=O) groups is 1. The average Bonchev–Trinajstić information content (AvgIpc) is 2.57. The highest BCUT2D eigenvalue weighted by Crippen LogP contribution is 2.23. The van der Waals surface area contributed by atoms with E-state index in [-0.39, 0.29) is 11.5 Å². The third-order valence-electron chi connectivity index (χ3n) is 4.94. The van der Waals surface area contributed by atoms with Crippen molar-refractivity contribution in [3.05, 3.63) is 40.4 Å². The normalized spacial score (nSPS) is 20.9. The lowest BCUT2D eigenvalue weighted by Gasteiger charge is -2.29. The highest BCUT2D eigenvalue weighted by atomic mass is 16.1. The molecule has 1 aliphatic rings. The van der Waals surface area contributed by atoms with Crippen LogP contribution in [0.2, 0.25) is 0 Å². The Labute approximate surface area is 141 Å². The molecule has 0 spiro atoms. The van der Waals surface area contributed by atoms with Crippen LogP contribution in [0.15, 0.2) is 29.1 Å². The summed E-state index contributed by atoms with van der Waals surface area (Å²) >= 11 is 0. The molecule has 5 heteroatoms. The molecule has 1 heterocycles. The first-order valence-corrected chi connectivity index (χ1v) is 8.91. The summed E-state index contributed by atoms with van der Waals surface area (Å²) in [5.41, 5.74) is 0.591. The summed E-state index contributed by atoms with van der Waals surface area (Å²) in [5.74, 6) is 1.33. The van der Waals surface area contributed by atoms with Gasteiger partial charge in [0.25, 0.3) is 5.56 Å². The van der Waals surface area contributed by atoms with E-state index in [1.165, 1.54) is 19.3 Å². The second-order valence-electron chi connectivity index (χ2n) is 6.82. The van der Waals surface area contributed by atoms with Crippen LogP contribution in [0.25, 0.3) is 10.9 Å². The molecule has 1 aromatic carbocycles. The predicted molar refractivity (Wildman–Crippen MR) is 94.9 cm³/mol. The summed E-state index contributed by atoms with van der Waals surface area (Å²) in [5, 5.41) is 3.77. The van der Waals surface area contributed by atoms with Gasteiger partial charge in [0.1, 0.15) is 5.82 Å². The lowest BCUT2D eigenvalue weighted by Crippen LogP contribution is -2.40. The van der Waals surface area contributed by atoms with Crippen molar-refractivity contribution in [2.75, 3.05) is 0 Å². The number of aromatic amines is 1. The second kappa shape index (κ2) is 7.60. The van der Waals surface area contributed by atoms with Gasteiger partial charge in [-0.25, -0.2) is 4.98 Å². The van der Waals surface area contributed by atoms with Crippen molar-refractivity contribution in [3.63, 3.8) is 0 Å². The van der Waals surface area contributed by atoms with E-state index in [1.54, 1.807) is 6.07 Å². The molecule has 1 fully saturated rings. The number of para-hydroxylation sites is 1.